The van der Waals surface area contributed by atoms with Gasteiger partial charge in [-0.05, 0) is 0 Å². The Morgan fingerprint density at radius 1 is 1.00 bits per heavy atom. The molecule has 2 radical (unpaired) electrons. The maximum atomic E-state index is 0. The predicted molar refractivity (Wildman–Crippen MR) is 35.6 cm³/mol. The Morgan fingerprint density at radius 3 is 1.00 bits per heavy atom. The zero-order chi connectivity index (χ0) is 0. The summed E-state index contributed by atoms with van der Waals surface area (Å²) in [7, 11) is 0. The fourth-order valence-corrected chi connectivity index (χ4v) is 0. The summed E-state index contributed by atoms with van der Waals surface area (Å²) in [6.07, 6.45) is 0. The summed E-state index contributed by atoms with van der Waals surface area (Å²) in [5.74, 6) is 0. The molecular weight excluding hydrogens is 436 g/mol. The van der Waals surface area contributed by atoms with Crippen LogP contribution in [0, 0.1) is 0 Å². The van der Waals surface area contributed by atoms with Crippen LogP contribution >= 0.6 is 0 Å². The summed E-state index contributed by atoms with van der Waals surface area (Å²) in [5.41, 5.74) is 0. The Morgan fingerprint density at radius 2 is 1.00 bits per heavy atom. The minimum atomic E-state index is 0. The van der Waals surface area contributed by atoms with E-state index < -0.39 is 0 Å². The van der Waals surface area contributed by atoms with Crippen LogP contribution in [0.1, 0.15) is 0 Å². The molecule has 0 aromatic heterocycles. The summed E-state index contributed by atoms with van der Waals surface area (Å²) in [4.78, 5) is 0. The molecule has 0 heterocycles. The first-order chi connectivity index (χ1) is 0. The van der Waals surface area contributed by atoms with E-state index in [0.29, 0.717) is 0 Å². The second kappa shape index (κ2) is 15.7. The molecule has 0 aliphatic carbocycles. The van der Waals surface area contributed by atoms with Gasteiger partial charge in [-0.2, -0.15) is 0 Å². The molecule has 4 heteroatoms. The van der Waals surface area contributed by atoms with Gasteiger partial charge in [-0.15, -0.1) is 0 Å². The van der Waals surface area contributed by atoms with Crippen LogP contribution in [0.4, 0.5) is 0 Å². The molecule has 0 saturated carbocycles. The summed E-state index contributed by atoms with van der Waals surface area (Å²) < 4.78 is 0. The standard InChI is InChI=1S/Cs.Ga.In.Sn.9H. The van der Waals surface area contributed by atoms with Gasteiger partial charge in [0.1, 0.15) is 0 Å². The van der Waals surface area contributed by atoms with E-state index in [1.165, 1.54) is 0 Å². The quantitative estimate of drug-likeness (QED) is 0.335. The molecular formula is H9CsGaInSn. The van der Waals surface area contributed by atoms with Crippen molar-refractivity contribution >= 4 is 138 Å². The van der Waals surface area contributed by atoms with Gasteiger partial charge in [0.2, 0.25) is 0 Å². The van der Waals surface area contributed by atoms with Gasteiger partial charge < -0.3 is 0 Å². The van der Waals surface area contributed by atoms with Crippen molar-refractivity contribution in [1.29, 1.82) is 0 Å². The Kier molecular flexibility index (Phi) is 93.3. The Balaban J connectivity index is 0. The summed E-state index contributed by atoms with van der Waals surface area (Å²) in [5, 5.41) is 0. The number of hydrogen-bond acceptors (Lipinski definition) is 0. The molecule has 0 aliphatic heterocycles. The van der Waals surface area contributed by atoms with Crippen LogP contribution in [0.2, 0.25) is 0 Å². The maximum absolute atomic E-state index is 0. The Hall–Kier alpha value is 4.36. The number of rotatable bonds is 0. The van der Waals surface area contributed by atoms with E-state index in [4.69, 9.17) is 0 Å². The molecule has 0 amide bonds. The van der Waals surface area contributed by atoms with E-state index in [1.54, 1.807) is 0 Å². The molecule has 4 heavy (non-hydrogen) atoms. The van der Waals surface area contributed by atoms with Gasteiger partial charge in [0.05, 0.1) is 0 Å². The van der Waals surface area contributed by atoms with Gasteiger partial charge in [0, 0.05) is 0 Å². The minimum absolute atomic E-state index is 0. The Bertz CT molecular complexity index is 8.00. The number of hydrogen-bond donors (Lipinski definition) is 0. The van der Waals surface area contributed by atoms with Crippen LogP contribution in [0.3, 0.4) is 0 Å². The average molecular weight is 445 g/mol. The third-order valence-corrected chi connectivity index (χ3v) is 0. The molecule has 20 valence electrons. The van der Waals surface area contributed by atoms with Crippen molar-refractivity contribution in [3.8, 4) is 0 Å². The molecule has 0 aromatic carbocycles. The second-order valence-electron chi connectivity index (χ2n) is 0. The molecule has 0 nitrogen and oxygen atoms in total. The fraction of sp³-hybridized carbons (Fsp3) is 0. The first-order valence-electron chi connectivity index (χ1n) is 0. The zero-order valence-corrected chi connectivity index (χ0v) is 4.74. The SMILES string of the molecule is [CsH].[GaH3].[InH3].[SnH2]. The molecule has 0 unspecified atom stereocenters. The van der Waals surface area contributed by atoms with Crippen LogP contribution in [0.25, 0.3) is 0 Å². The van der Waals surface area contributed by atoms with E-state index in [2.05, 4.69) is 0 Å². The molecule has 0 N–H and O–H groups in total. The van der Waals surface area contributed by atoms with Crippen molar-refractivity contribution in [3.05, 3.63) is 0 Å². The van der Waals surface area contributed by atoms with Gasteiger partial charge >= 0.3 is 138 Å². The van der Waals surface area contributed by atoms with Gasteiger partial charge in [-0.25, -0.2) is 0 Å². The summed E-state index contributed by atoms with van der Waals surface area (Å²) >= 11 is 0. The predicted octanol–water partition coefficient (Wildman–Crippen LogP) is -3.93. The monoisotopic (exact) mass is 446 g/mol. The third-order valence-electron chi connectivity index (χ3n) is 0. The first kappa shape index (κ1) is 23.8. The van der Waals surface area contributed by atoms with Gasteiger partial charge in [-0.1, -0.05) is 0 Å². The molecule has 0 aromatic rings. The average Bonchev–Trinajstić information content (AvgIpc) is 0. The van der Waals surface area contributed by atoms with E-state index >= 15 is 0 Å². The van der Waals surface area contributed by atoms with Crippen molar-refractivity contribution in [1.82, 2.24) is 0 Å². The summed E-state index contributed by atoms with van der Waals surface area (Å²) in [6.45, 7) is 0. The van der Waals surface area contributed by atoms with E-state index in [1.807, 2.05) is 0 Å². The molecule has 0 atom stereocenters. The Labute approximate surface area is 134 Å². The van der Waals surface area contributed by atoms with Crippen LogP contribution in [-0.4, -0.2) is 138 Å². The molecule has 0 saturated heterocycles. The van der Waals surface area contributed by atoms with Gasteiger partial charge in [0.25, 0.3) is 0 Å². The van der Waals surface area contributed by atoms with Crippen molar-refractivity contribution < 1.29 is 0 Å². The van der Waals surface area contributed by atoms with E-state index in [-0.39, 0.29) is 138 Å². The van der Waals surface area contributed by atoms with Crippen LogP contribution in [0.15, 0.2) is 0 Å². The molecule has 0 bridgehead atoms. The zero-order valence-electron chi connectivity index (χ0n) is 0.707. The summed E-state index contributed by atoms with van der Waals surface area (Å²) in [6, 6.07) is 0. The van der Waals surface area contributed by atoms with E-state index in [0.717, 1.165) is 0 Å². The molecule has 0 aliphatic rings. The molecule has 0 rings (SSSR count). The van der Waals surface area contributed by atoms with Gasteiger partial charge in [-0.3, -0.25) is 0 Å². The normalized spacial score (nSPS) is 0. The molecule has 0 spiro atoms. The van der Waals surface area contributed by atoms with Crippen molar-refractivity contribution in [2.75, 3.05) is 0 Å². The van der Waals surface area contributed by atoms with Crippen molar-refractivity contribution in [3.63, 3.8) is 0 Å². The van der Waals surface area contributed by atoms with Crippen molar-refractivity contribution in [2.45, 2.75) is 0 Å². The topological polar surface area (TPSA) is 0 Å². The fourth-order valence-electron chi connectivity index (χ4n) is 0. The van der Waals surface area contributed by atoms with Crippen LogP contribution in [0.5, 0.6) is 0 Å². The third kappa shape index (κ3) is 9.61. The second-order valence-corrected chi connectivity index (χ2v) is 0. The van der Waals surface area contributed by atoms with Crippen molar-refractivity contribution in [2.24, 2.45) is 0 Å². The molecule has 0 fully saturated rings. The van der Waals surface area contributed by atoms with Crippen LogP contribution < -0.4 is 0 Å². The van der Waals surface area contributed by atoms with Crippen LogP contribution in [-0.2, 0) is 0 Å². The van der Waals surface area contributed by atoms with E-state index in [9.17, 15) is 0 Å². The van der Waals surface area contributed by atoms with Gasteiger partial charge in [0.15, 0.2) is 0 Å². The first-order valence-corrected chi connectivity index (χ1v) is 0.